The van der Waals surface area contributed by atoms with Gasteiger partial charge in [0.1, 0.15) is 6.07 Å². The van der Waals surface area contributed by atoms with Crippen molar-refractivity contribution in [2.75, 3.05) is 13.6 Å². The predicted octanol–water partition coefficient (Wildman–Crippen LogP) is 1.86. The molecule has 0 radical (unpaired) electrons. The molecule has 0 spiro atoms. The molecule has 1 fully saturated rings. The Labute approximate surface area is 102 Å². The van der Waals surface area contributed by atoms with Crippen LogP contribution in [0.1, 0.15) is 48.7 Å². The molecule has 1 saturated carbocycles. The van der Waals surface area contributed by atoms with Gasteiger partial charge in [-0.25, -0.2) is 0 Å². The highest BCUT2D eigenvalue weighted by Crippen LogP contribution is 2.33. The van der Waals surface area contributed by atoms with E-state index in [1.165, 1.54) is 36.9 Å². The van der Waals surface area contributed by atoms with Gasteiger partial charge in [0.2, 0.25) is 0 Å². The lowest BCUT2D eigenvalue weighted by Crippen LogP contribution is -2.28. The van der Waals surface area contributed by atoms with Crippen LogP contribution in [0.15, 0.2) is 0 Å². The zero-order valence-corrected chi connectivity index (χ0v) is 10.3. The molecule has 0 bridgehead atoms. The van der Waals surface area contributed by atoms with Crippen LogP contribution in [-0.4, -0.2) is 28.3 Å². The van der Waals surface area contributed by atoms with Gasteiger partial charge in [-0.3, -0.25) is 4.68 Å². The minimum absolute atomic E-state index is 0.539. The lowest BCUT2D eigenvalue weighted by atomic mass is 10.0. The maximum absolute atomic E-state index is 9.18. The van der Waals surface area contributed by atoms with Crippen molar-refractivity contribution in [3.63, 3.8) is 0 Å². The summed E-state index contributed by atoms with van der Waals surface area (Å²) in [7, 11) is 2.14. The number of nitrogens with zero attached hydrogens (tertiary/aromatic N) is 4. The van der Waals surface area contributed by atoms with E-state index in [-0.39, 0.29) is 0 Å². The van der Waals surface area contributed by atoms with Gasteiger partial charge in [-0.2, -0.15) is 10.4 Å². The molecular weight excluding hydrogens is 212 g/mol. The molecule has 1 aliphatic heterocycles. The number of likely N-dealkylation sites (N-methyl/N-ethyl adjacent to an activating group) is 1. The topological polar surface area (TPSA) is 44.9 Å². The normalized spacial score (nSPS) is 21.4. The van der Waals surface area contributed by atoms with Crippen LogP contribution < -0.4 is 0 Å². The Morgan fingerprint density at radius 3 is 2.82 bits per heavy atom. The van der Waals surface area contributed by atoms with Crippen molar-refractivity contribution in [1.82, 2.24) is 14.7 Å². The maximum atomic E-state index is 9.18. The molecule has 0 atom stereocenters. The maximum Gasteiger partial charge on any atom is 0.166 e. The largest absolute Gasteiger partial charge is 0.300 e. The summed E-state index contributed by atoms with van der Waals surface area (Å²) >= 11 is 0. The van der Waals surface area contributed by atoms with Gasteiger partial charge < -0.3 is 4.90 Å². The fraction of sp³-hybridized carbons (Fsp3) is 0.692. The minimum Gasteiger partial charge on any atom is -0.300 e. The first-order chi connectivity index (χ1) is 8.29. The number of rotatable bonds is 1. The second-order valence-electron chi connectivity index (χ2n) is 5.26. The van der Waals surface area contributed by atoms with E-state index in [4.69, 9.17) is 0 Å². The lowest BCUT2D eigenvalue weighted by molar-refractivity contribution is 0.292. The molecule has 0 N–H and O–H groups in total. The van der Waals surface area contributed by atoms with E-state index < -0.39 is 0 Å². The summed E-state index contributed by atoms with van der Waals surface area (Å²) in [4.78, 5) is 2.32. The van der Waals surface area contributed by atoms with Crippen LogP contribution in [0.4, 0.5) is 0 Å². The van der Waals surface area contributed by atoms with E-state index in [1.807, 2.05) is 0 Å². The van der Waals surface area contributed by atoms with Gasteiger partial charge in [0.25, 0.3) is 0 Å². The van der Waals surface area contributed by atoms with Crippen molar-refractivity contribution >= 4 is 0 Å². The molecule has 3 rings (SSSR count). The van der Waals surface area contributed by atoms with Crippen LogP contribution in [0, 0.1) is 11.3 Å². The molecule has 2 aliphatic rings. The van der Waals surface area contributed by atoms with E-state index in [0.29, 0.717) is 11.7 Å². The number of nitriles is 1. The van der Waals surface area contributed by atoms with Gasteiger partial charge in [0.15, 0.2) is 5.69 Å². The van der Waals surface area contributed by atoms with Gasteiger partial charge >= 0.3 is 0 Å². The molecule has 1 aromatic heterocycles. The molecular formula is C13H18N4. The standard InChI is InChI=1S/C13H18N4/c1-16-7-6-11-12(8-14)15-17(13(11)9-16)10-4-2-3-5-10/h10H,2-7,9H2,1H3. The molecule has 4 nitrogen and oxygen atoms in total. The van der Waals surface area contributed by atoms with Crippen molar-refractivity contribution < 1.29 is 0 Å². The first kappa shape index (κ1) is 10.8. The van der Waals surface area contributed by atoms with Gasteiger partial charge in [0, 0.05) is 18.7 Å². The first-order valence-corrected chi connectivity index (χ1v) is 6.48. The van der Waals surface area contributed by atoms with Crippen molar-refractivity contribution in [3.05, 3.63) is 17.0 Å². The average molecular weight is 230 g/mol. The molecule has 1 aliphatic carbocycles. The van der Waals surface area contributed by atoms with Crippen LogP contribution in [0.2, 0.25) is 0 Å². The van der Waals surface area contributed by atoms with Crippen molar-refractivity contribution in [2.24, 2.45) is 0 Å². The summed E-state index contributed by atoms with van der Waals surface area (Å²) < 4.78 is 2.16. The lowest BCUT2D eigenvalue weighted by Gasteiger charge is -2.25. The minimum atomic E-state index is 0.539. The Morgan fingerprint density at radius 2 is 2.12 bits per heavy atom. The zero-order valence-electron chi connectivity index (χ0n) is 10.3. The zero-order chi connectivity index (χ0) is 11.8. The summed E-state index contributed by atoms with van der Waals surface area (Å²) in [5, 5.41) is 13.7. The second kappa shape index (κ2) is 4.15. The number of aromatic nitrogens is 2. The molecule has 0 aromatic carbocycles. The number of fused-ring (bicyclic) bond motifs is 1. The quantitative estimate of drug-likeness (QED) is 0.739. The monoisotopic (exact) mass is 230 g/mol. The third-order valence-corrected chi connectivity index (χ3v) is 4.06. The SMILES string of the molecule is CN1CCc2c(C#N)nn(C3CCCC3)c2C1. The predicted molar refractivity (Wildman–Crippen MR) is 64.5 cm³/mol. The van der Waals surface area contributed by atoms with Crippen LogP contribution in [0.3, 0.4) is 0 Å². The molecule has 1 aromatic rings. The van der Waals surface area contributed by atoms with Crippen LogP contribution >= 0.6 is 0 Å². The molecule has 0 unspecified atom stereocenters. The highest BCUT2D eigenvalue weighted by molar-refractivity contribution is 5.37. The third kappa shape index (κ3) is 1.75. The Bertz CT molecular complexity index is 462. The van der Waals surface area contributed by atoms with Crippen molar-refractivity contribution in [1.29, 1.82) is 5.26 Å². The number of hydrogen-bond acceptors (Lipinski definition) is 3. The fourth-order valence-electron chi connectivity index (χ4n) is 3.11. The fourth-order valence-corrected chi connectivity index (χ4v) is 3.11. The van der Waals surface area contributed by atoms with E-state index >= 15 is 0 Å². The molecule has 0 amide bonds. The second-order valence-corrected chi connectivity index (χ2v) is 5.26. The summed E-state index contributed by atoms with van der Waals surface area (Å²) in [6.45, 7) is 1.98. The van der Waals surface area contributed by atoms with Crippen LogP contribution in [0.25, 0.3) is 0 Å². The summed E-state index contributed by atoms with van der Waals surface area (Å²) in [6.07, 6.45) is 6.03. The van der Waals surface area contributed by atoms with Crippen LogP contribution in [-0.2, 0) is 13.0 Å². The van der Waals surface area contributed by atoms with Crippen molar-refractivity contribution in [3.8, 4) is 6.07 Å². The van der Waals surface area contributed by atoms with Crippen molar-refractivity contribution in [2.45, 2.75) is 44.7 Å². The third-order valence-electron chi connectivity index (χ3n) is 4.06. The van der Waals surface area contributed by atoms with Gasteiger partial charge in [0.05, 0.1) is 11.7 Å². The van der Waals surface area contributed by atoms with Gasteiger partial charge in [-0.15, -0.1) is 0 Å². The number of hydrogen-bond donors (Lipinski definition) is 0. The van der Waals surface area contributed by atoms with E-state index in [0.717, 1.165) is 19.5 Å². The highest BCUT2D eigenvalue weighted by Gasteiger charge is 2.27. The Hall–Kier alpha value is -1.34. The van der Waals surface area contributed by atoms with Gasteiger partial charge in [-0.1, -0.05) is 12.8 Å². The Kier molecular flexibility index (Phi) is 2.64. The molecule has 0 saturated heterocycles. The molecule has 90 valence electrons. The summed E-state index contributed by atoms with van der Waals surface area (Å²) in [5.41, 5.74) is 3.17. The molecule has 4 heteroatoms. The molecule has 2 heterocycles. The average Bonchev–Trinajstić information content (AvgIpc) is 2.94. The van der Waals surface area contributed by atoms with E-state index in [9.17, 15) is 5.26 Å². The Morgan fingerprint density at radius 1 is 1.35 bits per heavy atom. The van der Waals surface area contributed by atoms with E-state index in [2.05, 4.69) is 27.8 Å². The summed E-state index contributed by atoms with van der Waals surface area (Å²) in [5.74, 6) is 0. The smallest absolute Gasteiger partial charge is 0.166 e. The highest BCUT2D eigenvalue weighted by atomic mass is 15.3. The Balaban J connectivity index is 2.03. The molecule has 17 heavy (non-hydrogen) atoms. The first-order valence-electron chi connectivity index (χ1n) is 6.48. The summed E-state index contributed by atoms with van der Waals surface area (Å²) in [6, 6.07) is 2.80. The van der Waals surface area contributed by atoms with Crippen LogP contribution in [0.5, 0.6) is 0 Å². The van der Waals surface area contributed by atoms with Gasteiger partial charge in [-0.05, 0) is 26.3 Å². The van der Waals surface area contributed by atoms with E-state index in [1.54, 1.807) is 0 Å².